The van der Waals surface area contributed by atoms with Crippen molar-refractivity contribution in [1.29, 1.82) is 0 Å². The summed E-state index contributed by atoms with van der Waals surface area (Å²) in [5.74, 6) is -1.17. The molecule has 2 saturated heterocycles. The van der Waals surface area contributed by atoms with Gasteiger partial charge in [-0.15, -0.1) is 0 Å². The molecule has 12 heteroatoms. The molecule has 0 saturated carbocycles. The molecular weight excluding hydrogens is 461 g/mol. The number of aromatic nitrogens is 2. The summed E-state index contributed by atoms with van der Waals surface area (Å²) in [5.41, 5.74) is 0.0535. The normalized spacial score (nSPS) is 23.3. The molecule has 34 heavy (non-hydrogen) atoms. The van der Waals surface area contributed by atoms with Crippen LogP contribution in [-0.4, -0.2) is 65.5 Å². The molecule has 2 N–H and O–H groups in total. The number of carbonyl (C=O) groups is 1. The van der Waals surface area contributed by atoms with E-state index in [0.717, 1.165) is 17.0 Å². The van der Waals surface area contributed by atoms with Crippen molar-refractivity contribution in [1.82, 2.24) is 9.97 Å². The minimum absolute atomic E-state index is 0.246. The number of benzene rings is 1. The van der Waals surface area contributed by atoms with Gasteiger partial charge in [-0.2, -0.15) is 18.2 Å². The summed E-state index contributed by atoms with van der Waals surface area (Å²) in [6, 6.07) is 4.94. The van der Waals surface area contributed by atoms with Gasteiger partial charge in [-0.25, -0.2) is 13.8 Å². The number of ketones is 1. The van der Waals surface area contributed by atoms with E-state index >= 15 is 0 Å². The molecule has 3 heterocycles. The molecule has 2 aliphatic rings. The van der Waals surface area contributed by atoms with Crippen LogP contribution in [-0.2, 0) is 6.18 Å². The number of carbonyl (C=O) groups excluding carboxylic acids is 1. The molecule has 0 radical (unpaired) electrons. The van der Waals surface area contributed by atoms with Crippen molar-refractivity contribution in [3.05, 3.63) is 35.5 Å². The lowest BCUT2D eigenvalue weighted by Crippen LogP contribution is -2.38. The number of β-amino-alcohol motifs (C(OH)–C–C–N with tert-alkyl or cyclic N) is 1. The number of halogens is 5. The molecule has 0 aliphatic carbocycles. The quantitative estimate of drug-likeness (QED) is 0.491. The molecule has 7 nitrogen and oxygen atoms in total. The lowest BCUT2D eigenvalue weighted by Gasteiger charge is -2.32. The van der Waals surface area contributed by atoms with E-state index in [1.807, 2.05) is 4.90 Å². The SMILES string of the molecule is CC(=O)c1cc(N2CCCC(O)C2)ccc1Nc1ncc(C(F)(F)F)c(N2C[C@H](F)[C@@H](F)C2)n1. The molecule has 3 atom stereocenters. The van der Waals surface area contributed by atoms with Crippen molar-refractivity contribution in [3.63, 3.8) is 0 Å². The third-order valence-electron chi connectivity index (χ3n) is 5.95. The Hall–Kier alpha value is -3.02. The van der Waals surface area contributed by atoms with E-state index in [2.05, 4.69) is 15.3 Å². The summed E-state index contributed by atoms with van der Waals surface area (Å²) in [5, 5.41) is 12.7. The first-order chi connectivity index (χ1) is 16.0. The van der Waals surface area contributed by atoms with Crippen LogP contribution in [0.4, 0.5) is 45.1 Å². The Kier molecular flexibility index (Phi) is 6.61. The molecule has 184 valence electrons. The maximum atomic E-state index is 13.7. The number of hydrogen-bond donors (Lipinski definition) is 2. The summed E-state index contributed by atoms with van der Waals surface area (Å²) in [6.07, 6.45) is -7.07. The first-order valence-electron chi connectivity index (χ1n) is 10.8. The summed E-state index contributed by atoms with van der Waals surface area (Å²) in [7, 11) is 0. The first-order valence-corrected chi connectivity index (χ1v) is 10.8. The molecule has 2 aliphatic heterocycles. The second-order valence-electron chi connectivity index (χ2n) is 8.52. The lowest BCUT2D eigenvalue weighted by molar-refractivity contribution is -0.137. The highest BCUT2D eigenvalue weighted by Crippen LogP contribution is 2.38. The van der Waals surface area contributed by atoms with Gasteiger partial charge in [0.1, 0.15) is 11.4 Å². The molecular formula is C22H24F5N5O2. The zero-order chi connectivity index (χ0) is 24.6. The lowest BCUT2D eigenvalue weighted by atomic mass is 10.0. The smallest absolute Gasteiger partial charge is 0.391 e. The number of aliphatic hydroxyl groups is 1. The average Bonchev–Trinajstić information content (AvgIpc) is 3.11. The van der Waals surface area contributed by atoms with Crippen LogP contribution < -0.4 is 15.1 Å². The van der Waals surface area contributed by atoms with Gasteiger partial charge in [0.25, 0.3) is 0 Å². The van der Waals surface area contributed by atoms with Crippen molar-refractivity contribution >= 4 is 28.9 Å². The molecule has 1 unspecified atom stereocenters. The fourth-order valence-electron chi connectivity index (χ4n) is 4.21. The van der Waals surface area contributed by atoms with Gasteiger partial charge in [0.2, 0.25) is 5.95 Å². The zero-order valence-electron chi connectivity index (χ0n) is 18.3. The van der Waals surface area contributed by atoms with Gasteiger partial charge >= 0.3 is 6.18 Å². The minimum atomic E-state index is -4.82. The van der Waals surface area contributed by atoms with Gasteiger partial charge in [0.05, 0.1) is 24.9 Å². The highest BCUT2D eigenvalue weighted by Gasteiger charge is 2.41. The second-order valence-corrected chi connectivity index (χ2v) is 8.52. The van der Waals surface area contributed by atoms with Crippen molar-refractivity contribution in [2.75, 3.05) is 41.3 Å². The number of piperidine rings is 1. The van der Waals surface area contributed by atoms with Gasteiger partial charge in [0.15, 0.2) is 18.1 Å². The fourth-order valence-corrected chi connectivity index (χ4v) is 4.21. The third-order valence-corrected chi connectivity index (χ3v) is 5.95. The number of alkyl halides is 5. The number of rotatable bonds is 5. The molecule has 1 aromatic heterocycles. The van der Waals surface area contributed by atoms with E-state index in [1.54, 1.807) is 18.2 Å². The van der Waals surface area contributed by atoms with Crippen LogP contribution in [0.25, 0.3) is 0 Å². The Balaban J connectivity index is 1.65. The summed E-state index contributed by atoms with van der Waals surface area (Å²) in [6.45, 7) is 1.37. The van der Waals surface area contributed by atoms with Crippen LogP contribution in [0, 0.1) is 0 Å². The predicted molar refractivity (Wildman–Crippen MR) is 116 cm³/mol. The number of aliphatic hydroxyl groups excluding tert-OH is 1. The Bertz CT molecular complexity index is 1060. The number of nitrogens with zero attached hydrogens (tertiary/aromatic N) is 4. The van der Waals surface area contributed by atoms with E-state index in [-0.39, 0.29) is 23.0 Å². The molecule has 2 fully saturated rings. The van der Waals surface area contributed by atoms with Gasteiger partial charge in [-0.1, -0.05) is 0 Å². The van der Waals surface area contributed by atoms with Gasteiger partial charge < -0.3 is 20.2 Å². The van der Waals surface area contributed by atoms with Crippen molar-refractivity contribution in [3.8, 4) is 0 Å². The maximum Gasteiger partial charge on any atom is 0.421 e. The Labute approximate surface area is 192 Å². The highest BCUT2D eigenvalue weighted by molar-refractivity contribution is 6.01. The Morgan fingerprint density at radius 1 is 1.15 bits per heavy atom. The zero-order valence-corrected chi connectivity index (χ0v) is 18.3. The summed E-state index contributed by atoms with van der Waals surface area (Å²) >= 11 is 0. The summed E-state index contributed by atoms with van der Waals surface area (Å²) < 4.78 is 67.8. The van der Waals surface area contributed by atoms with E-state index in [1.165, 1.54) is 6.92 Å². The van der Waals surface area contributed by atoms with Crippen LogP contribution in [0.3, 0.4) is 0 Å². The van der Waals surface area contributed by atoms with Crippen LogP contribution in [0.2, 0.25) is 0 Å². The predicted octanol–water partition coefficient (Wildman–Crippen LogP) is 3.90. The van der Waals surface area contributed by atoms with E-state index < -0.39 is 49.1 Å². The number of Topliss-reactive ketones (excluding diaryl/α,β-unsaturated/α-hetero) is 1. The van der Waals surface area contributed by atoms with Crippen LogP contribution >= 0.6 is 0 Å². The van der Waals surface area contributed by atoms with Crippen molar-refractivity contribution < 1.29 is 31.9 Å². The molecule has 0 spiro atoms. The van der Waals surface area contributed by atoms with Crippen molar-refractivity contribution in [2.45, 2.75) is 44.4 Å². The van der Waals surface area contributed by atoms with Gasteiger partial charge in [0, 0.05) is 30.5 Å². The highest BCUT2D eigenvalue weighted by atomic mass is 19.4. The molecule has 0 amide bonds. The first kappa shape index (κ1) is 24.1. The largest absolute Gasteiger partial charge is 0.421 e. The molecule has 2 aromatic rings. The topological polar surface area (TPSA) is 81.6 Å². The summed E-state index contributed by atoms with van der Waals surface area (Å²) in [4.78, 5) is 22.8. The van der Waals surface area contributed by atoms with Crippen LogP contribution in [0.15, 0.2) is 24.4 Å². The number of anilines is 4. The second kappa shape index (κ2) is 9.32. The van der Waals surface area contributed by atoms with E-state index in [0.29, 0.717) is 25.7 Å². The van der Waals surface area contributed by atoms with Crippen LogP contribution in [0.5, 0.6) is 0 Å². The average molecular weight is 485 g/mol. The number of nitrogens with one attached hydrogen (secondary N) is 1. The van der Waals surface area contributed by atoms with E-state index in [4.69, 9.17) is 0 Å². The van der Waals surface area contributed by atoms with Crippen LogP contribution in [0.1, 0.15) is 35.7 Å². The minimum Gasteiger partial charge on any atom is -0.391 e. The number of hydrogen-bond acceptors (Lipinski definition) is 7. The maximum absolute atomic E-state index is 13.7. The third kappa shape index (κ3) is 5.06. The Morgan fingerprint density at radius 2 is 1.85 bits per heavy atom. The van der Waals surface area contributed by atoms with Gasteiger partial charge in [-0.05, 0) is 38.0 Å². The molecule has 0 bridgehead atoms. The van der Waals surface area contributed by atoms with Gasteiger partial charge in [-0.3, -0.25) is 4.79 Å². The fraction of sp³-hybridized carbons (Fsp3) is 0.500. The Morgan fingerprint density at radius 3 is 2.47 bits per heavy atom. The van der Waals surface area contributed by atoms with Crippen molar-refractivity contribution in [2.24, 2.45) is 0 Å². The molecule has 4 rings (SSSR count). The van der Waals surface area contributed by atoms with E-state index in [9.17, 15) is 31.9 Å². The standard InChI is InChI=1S/C22H24F5N5O2/c1-12(33)15-7-13(31-6-2-3-14(34)9-31)4-5-19(15)29-21-28-8-16(22(25,26)27)20(30-21)32-10-17(23)18(24)11-32/h4-5,7-8,14,17-18,34H,2-3,6,9-11H2,1H3,(H,28,29,30)/t14?,17-,18-/m0/s1. The molecule has 1 aromatic carbocycles. The monoisotopic (exact) mass is 485 g/mol.